The molecule has 0 radical (unpaired) electrons. The van der Waals surface area contributed by atoms with E-state index in [0.29, 0.717) is 13.1 Å². The summed E-state index contributed by atoms with van der Waals surface area (Å²) >= 11 is 0. The molecule has 2 N–H and O–H groups in total. The maximum absolute atomic E-state index is 11.4. The molecule has 0 spiro atoms. The van der Waals surface area contributed by atoms with Crippen molar-refractivity contribution >= 4 is 11.9 Å². The molecule has 17 heavy (non-hydrogen) atoms. The van der Waals surface area contributed by atoms with Crippen molar-refractivity contribution in [2.75, 3.05) is 46.8 Å². The molecule has 0 atom stereocenters. The molecule has 0 aromatic carbocycles. The number of amides is 1. The van der Waals surface area contributed by atoms with E-state index in [0.717, 1.165) is 0 Å². The van der Waals surface area contributed by atoms with Crippen molar-refractivity contribution in [2.45, 2.75) is 0 Å². The lowest BCUT2D eigenvalue weighted by molar-refractivity contribution is -0.138. The molecule has 0 aromatic heterocycles. The van der Waals surface area contributed by atoms with E-state index in [1.54, 1.807) is 4.90 Å². The van der Waals surface area contributed by atoms with Crippen molar-refractivity contribution in [1.29, 1.82) is 0 Å². The van der Waals surface area contributed by atoms with Crippen molar-refractivity contribution in [2.24, 2.45) is 0 Å². The molecular formula is C11H19N3O3. The summed E-state index contributed by atoms with van der Waals surface area (Å²) in [6.45, 7) is 1.25. The number of carboxylic acid groups (broad SMARTS) is 1. The third kappa shape index (κ3) is 9.35. The molecule has 6 heteroatoms. The van der Waals surface area contributed by atoms with Crippen LogP contribution in [0.15, 0.2) is 0 Å². The average molecular weight is 241 g/mol. The summed E-state index contributed by atoms with van der Waals surface area (Å²) in [6, 6.07) is 0. The summed E-state index contributed by atoms with van der Waals surface area (Å²) in [7, 11) is 3.77. The Morgan fingerprint density at radius 3 is 2.41 bits per heavy atom. The third-order valence-electron chi connectivity index (χ3n) is 1.98. The zero-order chi connectivity index (χ0) is 13.3. The van der Waals surface area contributed by atoms with Crippen molar-refractivity contribution in [1.82, 2.24) is 15.1 Å². The maximum atomic E-state index is 11.4. The Bertz CT molecular complexity index is 297. The van der Waals surface area contributed by atoms with E-state index in [4.69, 9.17) is 11.5 Å². The fraction of sp³-hybridized carbons (Fsp3) is 0.636. The zero-order valence-corrected chi connectivity index (χ0v) is 10.3. The van der Waals surface area contributed by atoms with Crippen LogP contribution in [0.5, 0.6) is 0 Å². The number of carbonyl (C=O) groups excluding carboxylic acids is 1. The van der Waals surface area contributed by atoms with Crippen molar-refractivity contribution in [3.8, 4) is 12.3 Å². The van der Waals surface area contributed by atoms with Crippen LogP contribution in [0.1, 0.15) is 0 Å². The minimum absolute atomic E-state index is 0.0435. The van der Waals surface area contributed by atoms with Crippen LogP contribution in [-0.4, -0.2) is 73.6 Å². The Morgan fingerprint density at radius 2 is 1.94 bits per heavy atom. The van der Waals surface area contributed by atoms with Crippen LogP contribution in [-0.2, 0) is 9.59 Å². The van der Waals surface area contributed by atoms with E-state index in [-0.39, 0.29) is 25.5 Å². The van der Waals surface area contributed by atoms with Gasteiger partial charge in [-0.25, -0.2) is 0 Å². The fourth-order valence-corrected chi connectivity index (χ4v) is 1.16. The topological polar surface area (TPSA) is 72.9 Å². The highest BCUT2D eigenvalue weighted by Gasteiger charge is 2.13. The van der Waals surface area contributed by atoms with Crippen molar-refractivity contribution in [3.05, 3.63) is 0 Å². The van der Waals surface area contributed by atoms with Crippen LogP contribution < -0.4 is 5.32 Å². The highest BCUT2D eigenvalue weighted by Crippen LogP contribution is 1.89. The standard InChI is InChI=1S/C11H19N3O3/c1-4-5-12-10(15)8-14(9-11(16)17)7-6-13(2)3/h1H,5-9H2,2-3H3,(H,12,15)(H,16,17). The van der Waals surface area contributed by atoms with E-state index in [1.807, 2.05) is 19.0 Å². The van der Waals surface area contributed by atoms with Crippen molar-refractivity contribution in [3.63, 3.8) is 0 Å². The summed E-state index contributed by atoms with van der Waals surface area (Å²) in [5, 5.41) is 11.2. The molecule has 96 valence electrons. The first-order valence-electron chi connectivity index (χ1n) is 5.24. The van der Waals surface area contributed by atoms with Gasteiger partial charge in [0, 0.05) is 13.1 Å². The normalized spacial score (nSPS) is 10.3. The Kier molecular flexibility index (Phi) is 7.76. The Morgan fingerprint density at radius 1 is 1.29 bits per heavy atom. The van der Waals surface area contributed by atoms with Crippen LogP contribution in [0.25, 0.3) is 0 Å². The lowest BCUT2D eigenvalue weighted by atomic mass is 10.4. The van der Waals surface area contributed by atoms with Gasteiger partial charge in [0.1, 0.15) is 0 Å². The average Bonchev–Trinajstić information content (AvgIpc) is 2.22. The van der Waals surface area contributed by atoms with E-state index >= 15 is 0 Å². The highest BCUT2D eigenvalue weighted by molar-refractivity contribution is 5.79. The number of nitrogens with zero attached hydrogens (tertiary/aromatic N) is 2. The second-order valence-electron chi connectivity index (χ2n) is 3.89. The minimum atomic E-state index is -0.950. The minimum Gasteiger partial charge on any atom is -0.480 e. The number of carboxylic acids is 1. The number of rotatable bonds is 8. The SMILES string of the molecule is C#CCNC(=O)CN(CCN(C)C)CC(=O)O. The lowest BCUT2D eigenvalue weighted by Crippen LogP contribution is -2.42. The predicted molar refractivity (Wildman–Crippen MR) is 64.5 cm³/mol. The molecule has 0 aromatic rings. The highest BCUT2D eigenvalue weighted by atomic mass is 16.4. The number of nitrogens with one attached hydrogen (secondary N) is 1. The lowest BCUT2D eigenvalue weighted by Gasteiger charge is -2.21. The van der Waals surface area contributed by atoms with Gasteiger partial charge in [0.2, 0.25) is 5.91 Å². The molecule has 0 saturated heterocycles. The van der Waals surface area contributed by atoms with Gasteiger partial charge in [-0.2, -0.15) is 0 Å². The Hall–Kier alpha value is -1.58. The van der Waals surface area contributed by atoms with Gasteiger partial charge < -0.3 is 15.3 Å². The van der Waals surface area contributed by atoms with Gasteiger partial charge in [-0.05, 0) is 14.1 Å². The molecule has 0 rings (SSSR count). The van der Waals surface area contributed by atoms with Gasteiger partial charge >= 0.3 is 5.97 Å². The van der Waals surface area contributed by atoms with Crippen LogP contribution in [0.3, 0.4) is 0 Å². The second kappa shape index (κ2) is 8.56. The summed E-state index contributed by atoms with van der Waals surface area (Å²) in [5.74, 6) is 1.08. The first-order valence-corrected chi connectivity index (χ1v) is 5.24. The van der Waals surface area contributed by atoms with Crippen LogP contribution >= 0.6 is 0 Å². The number of hydrogen-bond acceptors (Lipinski definition) is 4. The molecule has 0 heterocycles. The maximum Gasteiger partial charge on any atom is 0.317 e. The number of carbonyl (C=O) groups is 2. The van der Waals surface area contributed by atoms with Crippen LogP contribution in [0, 0.1) is 12.3 Å². The quantitative estimate of drug-likeness (QED) is 0.516. The van der Waals surface area contributed by atoms with Crippen molar-refractivity contribution < 1.29 is 14.7 Å². The molecule has 0 saturated carbocycles. The molecule has 1 amide bonds. The number of hydrogen-bond donors (Lipinski definition) is 2. The molecular weight excluding hydrogens is 222 g/mol. The fourth-order valence-electron chi connectivity index (χ4n) is 1.16. The van der Waals surface area contributed by atoms with E-state index in [1.165, 1.54) is 0 Å². The zero-order valence-electron chi connectivity index (χ0n) is 10.3. The summed E-state index contributed by atoms with van der Waals surface area (Å²) in [6.07, 6.45) is 5.01. The first-order chi connectivity index (χ1) is 7.95. The predicted octanol–water partition coefficient (Wildman–Crippen LogP) is -1.32. The molecule has 6 nitrogen and oxygen atoms in total. The molecule has 0 unspecified atom stereocenters. The van der Waals surface area contributed by atoms with Gasteiger partial charge in [-0.15, -0.1) is 6.42 Å². The smallest absolute Gasteiger partial charge is 0.317 e. The number of terminal acetylenes is 1. The number of aliphatic carboxylic acids is 1. The summed E-state index contributed by atoms with van der Waals surface area (Å²) < 4.78 is 0. The van der Waals surface area contributed by atoms with Gasteiger partial charge in [-0.3, -0.25) is 14.5 Å². The van der Waals surface area contributed by atoms with Gasteiger partial charge in [-0.1, -0.05) is 5.92 Å². The van der Waals surface area contributed by atoms with E-state index in [9.17, 15) is 9.59 Å². The third-order valence-corrected chi connectivity index (χ3v) is 1.98. The van der Waals surface area contributed by atoms with E-state index < -0.39 is 5.97 Å². The van der Waals surface area contributed by atoms with E-state index in [2.05, 4.69) is 11.2 Å². The first kappa shape index (κ1) is 15.4. The van der Waals surface area contributed by atoms with Gasteiger partial charge in [0.05, 0.1) is 19.6 Å². The molecule has 0 bridgehead atoms. The largest absolute Gasteiger partial charge is 0.480 e. The van der Waals surface area contributed by atoms with Gasteiger partial charge in [0.25, 0.3) is 0 Å². The van der Waals surface area contributed by atoms with Crippen LogP contribution in [0.4, 0.5) is 0 Å². The molecule has 0 aliphatic carbocycles. The molecule has 0 aliphatic heterocycles. The summed E-state index contributed by atoms with van der Waals surface area (Å²) in [4.78, 5) is 25.5. The molecule has 0 aliphatic rings. The van der Waals surface area contributed by atoms with Gasteiger partial charge in [0.15, 0.2) is 0 Å². The summed E-state index contributed by atoms with van der Waals surface area (Å²) in [5.41, 5.74) is 0. The Labute approximate surface area is 102 Å². The molecule has 0 fully saturated rings. The Balaban J connectivity index is 4.13. The second-order valence-corrected chi connectivity index (χ2v) is 3.89. The monoisotopic (exact) mass is 241 g/mol. The van der Waals surface area contributed by atoms with Crippen LogP contribution in [0.2, 0.25) is 0 Å². The number of likely N-dealkylation sites (N-methyl/N-ethyl adjacent to an activating group) is 1.